The molecule has 0 bridgehead atoms. The Morgan fingerprint density at radius 3 is 2.22 bits per heavy atom. The smallest absolute Gasteiger partial charge is 0.320 e. The molecule has 1 aromatic rings. The fourth-order valence-corrected chi connectivity index (χ4v) is 3.91. The molecule has 0 atom stereocenters. The van der Waals surface area contributed by atoms with Crippen molar-refractivity contribution in [1.29, 1.82) is 0 Å². The first-order chi connectivity index (χ1) is 13.1. The minimum absolute atomic E-state index is 0.0222. The highest BCUT2D eigenvalue weighted by molar-refractivity contribution is 5.95. The Balaban J connectivity index is 1.61. The third-order valence-corrected chi connectivity index (χ3v) is 5.41. The maximum atomic E-state index is 12.9. The van der Waals surface area contributed by atoms with Crippen LogP contribution in [0.15, 0.2) is 18.2 Å². The van der Waals surface area contributed by atoms with Gasteiger partial charge in [-0.2, -0.15) is 0 Å². The quantitative estimate of drug-likeness (QED) is 0.766. The Bertz CT molecular complexity index is 664. The summed E-state index contributed by atoms with van der Waals surface area (Å²) in [6, 6.07) is 5.61. The van der Waals surface area contributed by atoms with Gasteiger partial charge >= 0.3 is 6.03 Å². The highest BCUT2D eigenvalue weighted by atomic mass is 16.5. The number of likely N-dealkylation sites (tertiary alicyclic amines) is 1. The van der Waals surface area contributed by atoms with Gasteiger partial charge in [0.25, 0.3) is 5.91 Å². The molecular weight excluding hydrogens is 346 g/mol. The van der Waals surface area contributed by atoms with Gasteiger partial charge < -0.3 is 24.2 Å². The van der Waals surface area contributed by atoms with Gasteiger partial charge in [-0.05, 0) is 31.4 Å². The second kappa shape index (κ2) is 8.50. The molecule has 7 nitrogen and oxygen atoms in total. The first-order valence-electron chi connectivity index (χ1n) is 9.65. The number of ether oxygens (including phenoxy) is 2. The molecule has 0 aliphatic carbocycles. The predicted octanol–water partition coefficient (Wildman–Crippen LogP) is 2.46. The van der Waals surface area contributed by atoms with Crippen LogP contribution < -0.4 is 9.47 Å². The average Bonchev–Trinajstić information content (AvgIpc) is 3.07. The number of piperidine rings is 1. The molecular formula is C20H29N3O4. The summed E-state index contributed by atoms with van der Waals surface area (Å²) < 4.78 is 10.5. The lowest BCUT2D eigenvalue weighted by atomic mass is 10.0. The Hall–Kier alpha value is -2.44. The fourth-order valence-electron chi connectivity index (χ4n) is 3.91. The van der Waals surface area contributed by atoms with Crippen molar-refractivity contribution in [1.82, 2.24) is 14.7 Å². The first-order valence-corrected chi connectivity index (χ1v) is 9.65. The Labute approximate surface area is 160 Å². The molecule has 148 valence electrons. The van der Waals surface area contributed by atoms with Crippen LogP contribution in [0.25, 0.3) is 0 Å². The molecule has 27 heavy (non-hydrogen) atoms. The van der Waals surface area contributed by atoms with Crippen molar-refractivity contribution >= 4 is 11.9 Å². The van der Waals surface area contributed by atoms with Crippen molar-refractivity contribution in [3.63, 3.8) is 0 Å². The molecule has 0 N–H and O–H groups in total. The van der Waals surface area contributed by atoms with E-state index in [9.17, 15) is 9.59 Å². The van der Waals surface area contributed by atoms with Crippen molar-refractivity contribution in [2.45, 2.75) is 32.2 Å². The lowest BCUT2D eigenvalue weighted by Gasteiger charge is -2.36. The lowest BCUT2D eigenvalue weighted by Crippen LogP contribution is -2.48. The summed E-state index contributed by atoms with van der Waals surface area (Å²) in [5.74, 6) is 1.18. The van der Waals surface area contributed by atoms with E-state index in [4.69, 9.17) is 9.47 Å². The molecule has 0 saturated carbocycles. The number of hydrogen-bond donors (Lipinski definition) is 0. The number of rotatable bonds is 6. The second-order valence-electron chi connectivity index (χ2n) is 7.09. The SMILES string of the molecule is CCCN1CCN(C2CCN(C(=O)c3cc(OC)cc(OC)c3)CC2)C1=O. The van der Waals surface area contributed by atoms with Crippen molar-refractivity contribution in [3.05, 3.63) is 23.8 Å². The van der Waals surface area contributed by atoms with Crippen molar-refractivity contribution in [3.8, 4) is 11.5 Å². The normalized spacial score (nSPS) is 18.2. The third-order valence-electron chi connectivity index (χ3n) is 5.41. The molecule has 3 amide bonds. The lowest BCUT2D eigenvalue weighted by molar-refractivity contribution is 0.0662. The Kier molecular flexibility index (Phi) is 6.08. The van der Waals surface area contributed by atoms with Gasteiger partial charge in [0.05, 0.1) is 14.2 Å². The average molecular weight is 375 g/mol. The molecule has 2 aliphatic heterocycles. The fraction of sp³-hybridized carbons (Fsp3) is 0.600. The summed E-state index contributed by atoms with van der Waals surface area (Å²) in [4.78, 5) is 31.2. The van der Waals surface area contributed by atoms with Gasteiger partial charge in [0.2, 0.25) is 0 Å². The van der Waals surface area contributed by atoms with E-state index in [0.717, 1.165) is 38.9 Å². The van der Waals surface area contributed by atoms with E-state index >= 15 is 0 Å². The summed E-state index contributed by atoms with van der Waals surface area (Å²) in [6.07, 6.45) is 2.62. The van der Waals surface area contributed by atoms with E-state index in [1.807, 2.05) is 14.7 Å². The Morgan fingerprint density at radius 1 is 1.04 bits per heavy atom. The van der Waals surface area contributed by atoms with E-state index in [-0.39, 0.29) is 18.0 Å². The van der Waals surface area contributed by atoms with Crippen LogP contribution in [0.1, 0.15) is 36.5 Å². The molecule has 2 saturated heterocycles. The second-order valence-corrected chi connectivity index (χ2v) is 7.09. The molecule has 0 radical (unpaired) electrons. The van der Waals surface area contributed by atoms with Crippen LogP contribution in [-0.4, -0.2) is 79.6 Å². The van der Waals surface area contributed by atoms with Crippen LogP contribution in [0.4, 0.5) is 4.79 Å². The summed E-state index contributed by atoms with van der Waals surface area (Å²) in [5, 5.41) is 0. The van der Waals surface area contributed by atoms with Gasteiger partial charge in [-0.1, -0.05) is 6.92 Å². The molecule has 2 fully saturated rings. The molecule has 0 spiro atoms. The number of methoxy groups -OCH3 is 2. The van der Waals surface area contributed by atoms with E-state index in [1.54, 1.807) is 32.4 Å². The highest BCUT2D eigenvalue weighted by Crippen LogP contribution is 2.26. The molecule has 0 unspecified atom stereocenters. The van der Waals surface area contributed by atoms with Crippen molar-refractivity contribution in [2.24, 2.45) is 0 Å². The maximum Gasteiger partial charge on any atom is 0.320 e. The zero-order chi connectivity index (χ0) is 19.4. The van der Waals surface area contributed by atoms with Crippen LogP contribution in [0.2, 0.25) is 0 Å². The Morgan fingerprint density at radius 2 is 1.67 bits per heavy atom. The summed E-state index contributed by atoms with van der Waals surface area (Å²) in [7, 11) is 3.15. The van der Waals surface area contributed by atoms with Crippen molar-refractivity contribution in [2.75, 3.05) is 46.9 Å². The number of amides is 3. The number of benzene rings is 1. The molecule has 7 heteroatoms. The molecule has 3 rings (SSSR count). The van der Waals surface area contributed by atoms with Crippen LogP contribution in [-0.2, 0) is 0 Å². The van der Waals surface area contributed by atoms with E-state index in [2.05, 4.69) is 6.92 Å². The van der Waals surface area contributed by atoms with Gasteiger partial charge in [0, 0.05) is 50.4 Å². The topological polar surface area (TPSA) is 62.3 Å². The maximum absolute atomic E-state index is 12.9. The van der Waals surface area contributed by atoms with Crippen LogP contribution >= 0.6 is 0 Å². The largest absolute Gasteiger partial charge is 0.497 e. The van der Waals surface area contributed by atoms with Crippen LogP contribution in [0.3, 0.4) is 0 Å². The van der Waals surface area contributed by atoms with Gasteiger partial charge in [-0.3, -0.25) is 4.79 Å². The highest BCUT2D eigenvalue weighted by Gasteiger charge is 2.35. The van der Waals surface area contributed by atoms with E-state index < -0.39 is 0 Å². The van der Waals surface area contributed by atoms with Gasteiger partial charge in [-0.15, -0.1) is 0 Å². The standard InChI is InChI=1S/C20H29N3O4/c1-4-7-22-10-11-23(20(22)25)16-5-8-21(9-6-16)19(24)15-12-17(26-2)14-18(13-15)27-3/h12-14,16H,4-11H2,1-3H3. The molecule has 2 aliphatic rings. The van der Waals surface area contributed by atoms with E-state index in [0.29, 0.717) is 30.2 Å². The number of nitrogens with zero attached hydrogens (tertiary/aromatic N) is 3. The predicted molar refractivity (Wildman–Crippen MR) is 102 cm³/mol. The number of urea groups is 1. The number of hydrogen-bond acceptors (Lipinski definition) is 4. The zero-order valence-corrected chi connectivity index (χ0v) is 16.4. The zero-order valence-electron chi connectivity index (χ0n) is 16.4. The first kappa shape index (κ1) is 19.3. The molecule has 2 heterocycles. The minimum atomic E-state index is -0.0222. The molecule has 1 aromatic carbocycles. The minimum Gasteiger partial charge on any atom is -0.497 e. The van der Waals surface area contributed by atoms with Crippen LogP contribution in [0.5, 0.6) is 11.5 Å². The number of carbonyl (C=O) groups is 2. The van der Waals surface area contributed by atoms with Gasteiger partial charge in [0.1, 0.15) is 11.5 Å². The van der Waals surface area contributed by atoms with Crippen molar-refractivity contribution < 1.29 is 19.1 Å². The summed E-state index contributed by atoms with van der Waals surface area (Å²) in [6.45, 7) is 5.83. The van der Waals surface area contributed by atoms with E-state index in [1.165, 1.54) is 0 Å². The summed E-state index contributed by atoms with van der Waals surface area (Å²) >= 11 is 0. The third kappa shape index (κ3) is 4.12. The van der Waals surface area contributed by atoms with Crippen LogP contribution in [0, 0.1) is 0 Å². The monoisotopic (exact) mass is 375 g/mol. The number of carbonyl (C=O) groups excluding carboxylic acids is 2. The molecule has 0 aromatic heterocycles. The van der Waals surface area contributed by atoms with Gasteiger partial charge in [-0.25, -0.2) is 4.79 Å². The van der Waals surface area contributed by atoms with Gasteiger partial charge in [0.15, 0.2) is 0 Å². The summed E-state index contributed by atoms with van der Waals surface area (Å²) in [5.41, 5.74) is 0.566.